The van der Waals surface area contributed by atoms with E-state index in [1.807, 2.05) is 0 Å². The molecule has 2 atom stereocenters. The van der Waals surface area contributed by atoms with Gasteiger partial charge in [-0.1, -0.05) is 23.7 Å². The van der Waals surface area contributed by atoms with E-state index < -0.39 is 45.9 Å². The third-order valence-corrected chi connectivity index (χ3v) is 4.93. The molecule has 172 valence electrons. The van der Waals surface area contributed by atoms with Gasteiger partial charge in [0.1, 0.15) is 11.5 Å². The molecule has 0 amide bonds. The first-order valence-corrected chi connectivity index (χ1v) is 9.37. The monoisotopic (exact) mass is 471 g/mol. The smallest absolute Gasteiger partial charge is 0.417 e. The fraction of sp³-hybridized carbons (Fsp3) is 0.400. The van der Waals surface area contributed by atoms with Gasteiger partial charge in [-0.3, -0.25) is 0 Å². The molecule has 0 spiro atoms. The summed E-state index contributed by atoms with van der Waals surface area (Å²) in [7, 11) is 0. The summed E-state index contributed by atoms with van der Waals surface area (Å²) in [6.45, 7) is 1.41. The minimum absolute atomic E-state index is 0.0650. The minimum Gasteiger partial charge on any atom is -0.456 e. The Bertz CT molecular complexity index is 898. The molecule has 11 heteroatoms. The van der Waals surface area contributed by atoms with E-state index in [-0.39, 0.29) is 31.3 Å². The van der Waals surface area contributed by atoms with Gasteiger partial charge in [0.15, 0.2) is 0 Å². The van der Waals surface area contributed by atoms with Crippen molar-refractivity contribution in [3.05, 3.63) is 58.1 Å². The van der Waals surface area contributed by atoms with Crippen molar-refractivity contribution in [2.45, 2.75) is 43.8 Å². The van der Waals surface area contributed by atoms with Gasteiger partial charge in [-0.25, -0.2) is 0 Å². The van der Waals surface area contributed by atoms with E-state index in [0.29, 0.717) is 11.6 Å². The topological polar surface area (TPSA) is 75.7 Å². The van der Waals surface area contributed by atoms with Gasteiger partial charge in [0.25, 0.3) is 0 Å². The lowest BCUT2D eigenvalue weighted by Crippen LogP contribution is -2.37. The zero-order valence-corrected chi connectivity index (χ0v) is 16.9. The quantitative estimate of drug-likeness (QED) is 0.468. The molecule has 0 bridgehead atoms. The van der Waals surface area contributed by atoms with Crippen LogP contribution in [-0.2, 0) is 17.9 Å². The van der Waals surface area contributed by atoms with Gasteiger partial charge in [-0.2, -0.15) is 26.3 Å². The lowest BCUT2D eigenvalue weighted by atomic mass is 9.87. The van der Waals surface area contributed by atoms with E-state index >= 15 is 0 Å². The van der Waals surface area contributed by atoms with Crippen LogP contribution in [0.15, 0.2) is 36.4 Å². The van der Waals surface area contributed by atoms with Gasteiger partial charge < -0.3 is 20.7 Å². The number of benzene rings is 2. The Labute approximate surface area is 179 Å². The van der Waals surface area contributed by atoms with Gasteiger partial charge in [-0.15, -0.1) is 0 Å². The molecule has 0 aliphatic heterocycles. The van der Waals surface area contributed by atoms with Gasteiger partial charge in [0.2, 0.25) is 0 Å². The number of nitrogens with two attached hydrogens (primary N) is 1. The number of halogens is 7. The van der Waals surface area contributed by atoms with E-state index in [1.165, 1.54) is 24.3 Å². The Morgan fingerprint density at radius 3 is 2.06 bits per heavy atom. The number of hydrogen-bond acceptors (Lipinski definition) is 4. The highest BCUT2D eigenvalue weighted by Crippen LogP contribution is 2.45. The third-order valence-electron chi connectivity index (χ3n) is 4.54. The lowest BCUT2D eigenvalue weighted by Gasteiger charge is -2.28. The highest BCUT2D eigenvalue weighted by atomic mass is 35.5. The summed E-state index contributed by atoms with van der Waals surface area (Å²) in [4.78, 5) is 0. The molecule has 0 fully saturated rings. The average Bonchev–Trinajstić information content (AvgIpc) is 2.61. The number of alkyl halides is 6. The SMILES string of the molecule is CC(N)(CC(O)CCO)c1ccc(Oc2cc(C(F)(F)F)cc(C(F)(F)F)c2Cl)cc1. The first kappa shape index (κ1) is 25.3. The second-order valence-electron chi connectivity index (χ2n) is 7.25. The van der Waals surface area contributed by atoms with Crippen LogP contribution in [0.4, 0.5) is 26.3 Å². The molecule has 4 nitrogen and oxygen atoms in total. The molecule has 0 aliphatic carbocycles. The van der Waals surface area contributed by atoms with E-state index in [4.69, 9.17) is 27.2 Å². The summed E-state index contributed by atoms with van der Waals surface area (Å²) in [6.07, 6.45) is -10.8. The largest absolute Gasteiger partial charge is 0.456 e. The first-order valence-electron chi connectivity index (χ1n) is 8.99. The number of aliphatic hydroxyl groups excluding tert-OH is 2. The van der Waals surface area contributed by atoms with Crippen LogP contribution >= 0.6 is 11.6 Å². The molecular weight excluding hydrogens is 452 g/mol. The summed E-state index contributed by atoms with van der Waals surface area (Å²) in [5, 5.41) is 17.7. The summed E-state index contributed by atoms with van der Waals surface area (Å²) >= 11 is 5.68. The highest BCUT2D eigenvalue weighted by molar-refractivity contribution is 6.33. The van der Waals surface area contributed by atoms with Crippen LogP contribution in [0.3, 0.4) is 0 Å². The summed E-state index contributed by atoms with van der Waals surface area (Å²) in [5.41, 5.74) is 2.48. The zero-order chi connectivity index (χ0) is 23.6. The van der Waals surface area contributed by atoms with Crippen molar-refractivity contribution in [2.24, 2.45) is 5.73 Å². The fourth-order valence-corrected chi connectivity index (χ4v) is 3.19. The Morgan fingerprint density at radius 1 is 1.00 bits per heavy atom. The third kappa shape index (κ3) is 6.49. The van der Waals surface area contributed by atoms with Crippen molar-refractivity contribution in [1.29, 1.82) is 0 Å². The normalized spacial score (nSPS) is 15.5. The number of rotatable bonds is 7. The molecule has 0 aliphatic rings. The van der Waals surface area contributed by atoms with Gasteiger partial charge in [-0.05, 0) is 49.6 Å². The molecule has 0 saturated heterocycles. The van der Waals surface area contributed by atoms with Gasteiger partial charge >= 0.3 is 12.4 Å². The molecule has 31 heavy (non-hydrogen) atoms. The molecule has 2 aromatic carbocycles. The van der Waals surface area contributed by atoms with Crippen molar-refractivity contribution < 1.29 is 41.3 Å². The van der Waals surface area contributed by atoms with E-state index in [9.17, 15) is 31.4 Å². The minimum atomic E-state index is -5.11. The molecule has 0 saturated carbocycles. The predicted molar refractivity (Wildman–Crippen MR) is 102 cm³/mol. The van der Waals surface area contributed by atoms with E-state index in [2.05, 4.69) is 0 Å². The number of aliphatic hydroxyl groups is 2. The van der Waals surface area contributed by atoms with Crippen LogP contribution < -0.4 is 10.5 Å². The molecule has 4 N–H and O–H groups in total. The number of ether oxygens (including phenoxy) is 1. The molecular formula is C20H20ClF6NO3. The summed E-state index contributed by atoms with van der Waals surface area (Å²) < 4.78 is 83.7. The van der Waals surface area contributed by atoms with E-state index in [1.54, 1.807) is 6.92 Å². The summed E-state index contributed by atoms with van der Waals surface area (Å²) in [5.74, 6) is -0.866. The molecule has 2 aromatic rings. The van der Waals surface area contributed by atoms with E-state index in [0.717, 1.165) is 0 Å². The second kappa shape index (κ2) is 9.23. The Kier molecular flexibility index (Phi) is 7.52. The average molecular weight is 472 g/mol. The zero-order valence-electron chi connectivity index (χ0n) is 16.2. The predicted octanol–water partition coefficient (Wildman–Crippen LogP) is 5.48. The van der Waals surface area contributed by atoms with Crippen LogP contribution in [0.25, 0.3) is 0 Å². The molecule has 0 aromatic heterocycles. The number of hydrogen-bond donors (Lipinski definition) is 3. The van der Waals surface area contributed by atoms with Crippen molar-refractivity contribution in [2.75, 3.05) is 6.61 Å². The Morgan fingerprint density at radius 2 is 1.58 bits per heavy atom. The van der Waals surface area contributed by atoms with Crippen molar-refractivity contribution in [1.82, 2.24) is 0 Å². The maximum Gasteiger partial charge on any atom is 0.417 e. The first-order chi connectivity index (χ1) is 14.1. The van der Waals surface area contributed by atoms with Gasteiger partial charge in [0, 0.05) is 12.1 Å². The van der Waals surface area contributed by atoms with Crippen LogP contribution in [0.2, 0.25) is 5.02 Å². The van der Waals surface area contributed by atoms with Crippen molar-refractivity contribution >= 4 is 11.6 Å². The maximum atomic E-state index is 13.1. The van der Waals surface area contributed by atoms with Crippen molar-refractivity contribution in [3.63, 3.8) is 0 Å². The second-order valence-corrected chi connectivity index (χ2v) is 7.62. The van der Waals surface area contributed by atoms with Crippen LogP contribution in [0.5, 0.6) is 11.5 Å². The summed E-state index contributed by atoms with van der Waals surface area (Å²) in [6, 6.07) is 5.87. The Balaban J connectivity index is 2.34. The Hall–Kier alpha value is -2.01. The van der Waals surface area contributed by atoms with Crippen LogP contribution in [0.1, 0.15) is 36.5 Å². The standard InChI is InChI=1S/C20H20ClF6NO3/c1-18(28,10-13(30)6-7-29)11-2-4-14(5-3-11)31-16-9-12(19(22,23)24)8-15(17(16)21)20(25,26)27/h2-5,8-9,13,29-30H,6-7,10,28H2,1H3. The lowest BCUT2D eigenvalue weighted by molar-refractivity contribution is -0.143. The molecule has 0 radical (unpaired) electrons. The molecule has 2 unspecified atom stereocenters. The highest BCUT2D eigenvalue weighted by Gasteiger charge is 2.40. The fourth-order valence-electron chi connectivity index (χ4n) is 2.93. The van der Waals surface area contributed by atoms with Crippen LogP contribution in [0, 0.1) is 0 Å². The molecule has 0 heterocycles. The maximum absolute atomic E-state index is 13.1. The van der Waals surface area contributed by atoms with Crippen LogP contribution in [-0.4, -0.2) is 22.9 Å². The van der Waals surface area contributed by atoms with Crippen molar-refractivity contribution in [3.8, 4) is 11.5 Å². The van der Waals surface area contributed by atoms with Gasteiger partial charge in [0.05, 0.1) is 22.3 Å². The molecule has 2 rings (SSSR count).